The monoisotopic (exact) mass is 967 g/mol. The smallest absolute Gasteiger partial charge is 0.417 e. The number of benzene rings is 5. The number of aliphatic hydroxyl groups is 1. The van der Waals surface area contributed by atoms with Gasteiger partial charge in [0.2, 0.25) is 5.91 Å². The van der Waals surface area contributed by atoms with Crippen molar-refractivity contribution in [2.24, 2.45) is 5.92 Å². The molecular formula is C57H61NO13. The number of Topliss-reactive ketones (excluding diaryl/α,β-unsaturated/α-hetero) is 1. The Bertz CT molecular complexity index is 2570. The SMILES string of the molecule is CO[C@H]1O[C@H](CO)[C@@H](OCc2ccccc2)[C@H](OCc2ccccc2)[C@@H]1OCCCC(=O)C(=CC(=O)[C@H](OC(C)=O)[C@@H](Cc1ccccc1)C(=O)N1C(=O)O[C@@H](c2ccccc2)[C@H]1C)c1cccc(C)c1. The van der Waals surface area contributed by atoms with Crippen LogP contribution in [0.25, 0.3) is 5.57 Å². The summed E-state index contributed by atoms with van der Waals surface area (Å²) in [6.07, 6.45) is -6.52. The first kappa shape index (κ1) is 52.2. The molecule has 2 heterocycles. The summed E-state index contributed by atoms with van der Waals surface area (Å²) >= 11 is 0. The number of rotatable bonds is 23. The summed E-state index contributed by atoms with van der Waals surface area (Å²) < 4.78 is 42.9. The lowest BCUT2D eigenvalue weighted by Gasteiger charge is -2.45. The average molecular weight is 968 g/mol. The number of hydrogen-bond donors (Lipinski definition) is 1. The number of methoxy groups -OCH3 is 1. The van der Waals surface area contributed by atoms with Gasteiger partial charge in [0.05, 0.1) is 31.8 Å². The van der Waals surface area contributed by atoms with Gasteiger partial charge in [-0.2, -0.15) is 0 Å². The number of aliphatic hydroxyl groups excluding tert-OH is 1. The van der Waals surface area contributed by atoms with Gasteiger partial charge in [-0.05, 0) is 60.6 Å². The molecule has 2 fully saturated rings. The maximum Gasteiger partial charge on any atom is 0.417 e. The fourth-order valence-electron chi connectivity index (χ4n) is 9.00. The normalized spacial score (nSPS) is 22.0. The molecule has 5 aromatic carbocycles. The minimum atomic E-state index is -1.74. The third-order valence-electron chi connectivity index (χ3n) is 12.5. The summed E-state index contributed by atoms with van der Waals surface area (Å²) in [5, 5.41) is 10.5. The van der Waals surface area contributed by atoms with Crippen molar-refractivity contribution in [3.05, 3.63) is 185 Å². The van der Waals surface area contributed by atoms with Crippen molar-refractivity contribution >= 4 is 35.1 Å². The van der Waals surface area contributed by atoms with Crippen LogP contribution in [0.5, 0.6) is 0 Å². The number of aryl methyl sites for hydroxylation is 1. The highest BCUT2D eigenvalue weighted by Gasteiger charge is 2.50. The maximum atomic E-state index is 14.8. The van der Waals surface area contributed by atoms with Crippen molar-refractivity contribution in [2.45, 2.75) is 102 Å². The topological polar surface area (TPSA) is 173 Å². The summed E-state index contributed by atoms with van der Waals surface area (Å²) in [5.74, 6) is -4.26. The van der Waals surface area contributed by atoms with Gasteiger partial charge in [-0.25, -0.2) is 9.69 Å². The number of ketones is 2. The van der Waals surface area contributed by atoms with Crippen molar-refractivity contribution < 1.29 is 62.2 Å². The molecule has 9 atom stereocenters. The van der Waals surface area contributed by atoms with Gasteiger partial charge in [-0.3, -0.25) is 19.2 Å². The molecule has 2 amide bonds. The fourth-order valence-corrected chi connectivity index (χ4v) is 9.00. The van der Waals surface area contributed by atoms with Crippen LogP contribution in [0.2, 0.25) is 0 Å². The van der Waals surface area contributed by atoms with Crippen LogP contribution in [0.4, 0.5) is 4.79 Å². The first-order chi connectivity index (χ1) is 34.4. The first-order valence-corrected chi connectivity index (χ1v) is 23.8. The van der Waals surface area contributed by atoms with E-state index in [1.165, 1.54) is 7.11 Å². The largest absolute Gasteiger partial charge is 0.453 e. The predicted octanol–water partition coefficient (Wildman–Crippen LogP) is 8.12. The van der Waals surface area contributed by atoms with Crippen LogP contribution < -0.4 is 0 Å². The molecule has 0 unspecified atom stereocenters. The summed E-state index contributed by atoms with van der Waals surface area (Å²) in [4.78, 5) is 71.5. The summed E-state index contributed by atoms with van der Waals surface area (Å²) in [6.45, 7) is 4.71. The highest BCUT2D eigenvalue weighted by atomic mass is 16.7. The van der Waals surface area contributed by atoms with E-state index in [9.17, 15) is 29.1 Å². The van der Waals surface area contributed by atoms with Crippen molar-refractivity contribution in [1.29, 1.82) is 0 Å². The van der Waals surface area contributed by atoms with Crippen LogP contribution in [0, 0.1) is 12.8 Å². The Morgan fingerprint density at radius 2 is 1.34 bits per heavy atom. The Labute approximate surface area is 414 Å². The van der Waals surface area contributed by atoms with Gasteiger partial charge in [-0.1, -0.05) is 151 Å². The third kappa shape index (κ3) is 13.6. The number of ether oxygens (including phenoxy) is 7. The maximum absolute atomic E-state index is 14.8. The molecule has 0 bridgehead atoms. The highest BCUT2D eigenvalue weighted by Crippen LogP contribution is 2.36. The zero-order chi connectivity index (χ0) is 50.3. The van der Waals surface area contributed by atoms with E-state index in [1.807, 2.05) is 79.7 Å². The van der Waals surface area contributed by atoms with E-state index in [1.54, 1.807) is 79.7 Å². The summed E-state index contributed by atoms with van der Waals surface area (Å²) in [7, 11) is 1.47. The van der Waals surface area contributed by atoms with Crippen molar-refractivity contribution in [2.75, 3.05) is 20.3 Å². The molecule has 0 spiro atoms. The fraction of sp³-hybridized carbons (Fsp3) is 0.351. The number of imide groups is 1. The number of cyclic esters (lactones) is 1. The van der Waals surface area contributed by atoms with Gasteiger partial charge in [-0.15, -0.1) is 0 Å². The Morgan fingerprint density at radius 1 is 0.746 bits per heavy atom. The van der Waals surface area contributed by atoms with Crippen molar-refractivity contribution in [3.63, 3.8) is 0 Å². The zero-order valence-corrected chi connectivity index (χ0v) is 40.4. The minimum absolute atomic E-state index is 0.0207. The molecule has 0 saturated carbocycles. The molecule has 2 aliphatic heterocycles. The number of carbonyl (C=O) groups excluding carboxylic acids is 5. The Hall–Kier alpha value is -6.65. The number of hydrogen-bond acceptors (Lipinski definition) is 13. The Kier molecular flexibility index (Phi) is 18.7. The van der Waals surface area contributed by atoms with Crippen LogP contribution in [0.15, 0.2) is 152 Å². The molecule has 14 nitrogen and oxygen atoms in total. The summed E-state index contributed by atoms with van der Waals surface area (Å²) in [6, 6.07) is 43.4. The molecule has 0 aromatic heterocycles. The van der Waals surface area contributed by atoms with Gasteiger partial charge < -0.3 is 38.3 Å². The molecule has 14 heteroatoms. The van der Waals surface area contributed by atoms with Crippen molar-refractivity contribution in [1.82, 2.24) is 4.90 Å². The molecular weight excluding hydrogens is 907 g/mol. The van der Waals surface area contributed by atoms with E-state index in [-0.39, 0.29) is 51.3 Å². The molecule has 7 rings (SSSR count). The standard InChI is InChI=1S/C57H61NO13/c1-37-19-17-28-44(31-37)45(33-48(62)51(69-39(3)60)46(32-40-20-9-5-10-21-40)55(63)58-38(2)50(71-57(58)64)43-26-15-8-16-27-43)47(61)29-18-30-66-54-53(68-36-42-24-13-7-14-25-42)52(49(34-59)70-56(54)65-4)67-35-41-22-11-6-12-23-41/h5-17,19-28,31,33,38,46,49-54,56,59H,18,29-30,32,34-36H2,1-4H3/t38-,46-,49-,50-,51-,52-,53+,54+,56+/m1/s1. The number of amides is 2. The van der Waals surface area contributed by atoms with Crippen LogP contribution in [-0.4, -0.2) is 103 Å². The molecule has 2 aliphatic rings. The number of carbonyl (C=O) groups is 5. The molecule has 1 N–H and O–H groups in total. The molecule has 5 aromatic rings. The Morgan fingerprint density at radius 3 is 1.92 bits per heavy atom. The average Bonchev–Trinajstić information content (AvgIpc) is 3.69. The number of nitrogens with zero attached hydrogens (tertiary/aromatic N) is 1. The van der Waals surface area contributed by atoms with E-state index in [4.69, 9.17) is 33.2 Å². The Balaban J connectivity index is 1.14. The number of allylic oxidation sites excluding steroid dienone is 1. The van der Waals surface area contributed by atoms with Crippen LogP contribution in [0.3, 0.4) is 0 Å². The van der Waals surface area contributed by atoms with Crippen LogP contribution in [0.1, 0.15) is 66.2 Å². The summed E-state index contributed by atoms with van der Waals surface area (Å²) in [5.41, 5.74) is 4.41. The highest BCUT2D eigenvalue weighted by molar-refractivity contribution is 6.25. The van der Waals surface area contributed by atoms with E-state index in [0.717, 1.165) is 34.6 Å². The molecule has 0 aliphatic carbocycles. The second-order valence-corrected chi connectivity index (χ2v) is 17.7. The second-order valence-electron chi connectivity index (χ2n) is 17.7. The third-order valence-corrected chi connectivity index (χ3v) is 12.5. The lowest BCUT2D eigenvalue weighted by molar-refractivity contribution is -0.319. The van der Waals surface area contributed by atoms with Gasteiger partial charge >= 0.3 is 12.1 Å². The molecule has 2 saturated heterocycles. The van der Waals surface area contributed by atoms with E-state index in [2.05, 4.69) is 0 Å². The quantitative estimate of drug-likeness (QED) is 0.0378. The van der Waals surface area contributed by atoms with E-state index < -0.39 is 84.4 Å². The van der Waals surface area contributed by atoms with Gasteiger partial charge in [0, 0.05) is 32.6 Å². The molecule has 0 radical (unpaired) electrons. The van der Waals surface area contributed by atoms with Crippen LogP contribution in [-0.2, 0) is 72.0 Å². The minimum Gasteiger partial charge on any atom is -0.453 e. The number of esters is 1. The van der Waals surface area contributed by atoms with Gasteiger partial charge in [0.25, 0.3) is 0 Å². The van der Waals surface area contributed by atoms with Gasteiger partial charge in [0.15, 0.2) is 24.0 Å². The predicted molar refractivity (Wildman–Crippen MR) is 262 cm³/mol. The lowest BCUT2D eigenvalue weighted by atomic mass is 9.87. The van der Waals surface area contributed by atoms with Gasteiger partial charge in [0.1, 0.15) is 30.5 Å². The lowest BCUT2D eigenvalue weighted by Crippen LogP contribution is -2.61. The van der Waals surface area contributed by atoms with E-state index >= 15 is 0 Å². The second kappa shape index (κ2) is 25.5. The van der Waals surface area contributed by atoms with Crippen molar-refractivity contribution in [3.8, 4) is 0 Å². The zero-order valence-electron chi connectivity index (χ0n) is 40.4. The first-order valence-electron chi connectivity index (χ1n) is 23.8. The van der Waals surface area contributed by atoms with Crippen LogP contribution >= 0.6 is 0 Å². The molecule has 71 heavy (non-hydrogen) atoms. The molecule has 372 valence electrons. The van der Waals surface area contributed by atoms with E-state index in [0.29, 0.717) is 16.7 Å².